The first-order chi connectivity index (χ1) is 10.8. The molecule has 114 valence electrons. The van der Waals surface area contributed by atoms with E-state index in [2.05, 4.69) is 0 Å². The number of aliphatic hydroxyl groups is 1. The van der Waals surface area contributed by atoms with Crippen molar-refractivity contribution in [1.29, 1.82) is 0 Å². The fourth-order valence-electron chi connectivity index (χ4n) is 2.82. The Kier molecular flexibility index (Phi) is 4.51. The second-order valence-corrected chi connectivity index (χ2v) is 5.37. The molecule has 1 saturated heterocycles. The molecule has 1 fully saturated rings. The number of rotatable bonds is 4. The van der Waals surface area contributed by atoms with Crippen molar-refractivity contribution in [3.05, 3.63) is 71.8 Å². The first-order valence-corrected chi connectivity index (χ1v) is 7.41. The Morgan fingerprint density at radius 1 is 1.09 bits per heavy atom. The van der Waals surface area contributed by atoms with Crippen LogP contribution in [-0.2, 0) is 9.53 Å². The second kappa shape index (κ2) is 6.73. The van der Waals surface area contributed by atoms with Crippen LogP contribution < -0.4 is 0 Å². The van der Waals surface area contributed by atoms with Crippen LogP contribution in [0.2, 0.25) is 0 Å². The Morgan fingerprint density at radius 2 is 1.73 bits per heavy atom. The molecule has 1 amide bonds. The number of carbonyl (C=O) groups is 1. The highest BCUT2D eigenvalue weighted by molar-refractivity contribution is 5.78. The van der Waals surface area contributed by atoms with Gasteiger partial charge in [0, 0.05) is 0 Å². The van der Waals surface area contributed by atoms with E-state index in [1.165, 1.54) is 0 Å². The summed E-state index contributed by atoms with van der Waals surface area (Å²) in [5, 5.41) is 9.77. The number of hydrogen-bond acceptors (Lipinski definition) is 3. The van der Waals surface area contributed by atoms with Crippen molar-refractivity contribution < 1.29 is 14.6 Å². The van der Waals surface area contributed by atoms with Crippen molar-refractivity contribution in [2.24, 2.45) is 0 Å². The maximum Gasteiger partial charge on any atom is 0.249 e. The molecule has 1 aliphatic rings. The molecule has 2 aromatic rings. The number of ether oxygens (including phenoxy) is 1. The van der Waals surface area contributed by atoms with Crippen LogP contribution in [0.25, 0.3) is 0 Å². The summed E-state index contributed by atoms with van der Waals surface area (Å²) in [4.78, 5) is 14.0. The largest absolute Gasteiger partial charge is 0.394 e. The lowest BCUT2D eigenvalue weighted by molar-refractivity contribution is -0.154. The number of benzene rings is 2. The number of aliphatic hydroxyl groups excluding tert-OH is 1. The minimum atomic E-state index is -0.330. The number of amides is 1. The van der Waals surface area contributed by atoms with Crippen LogP contribution in [0.4, 0.5) is 0 Å². The zero-order valence-corrected chi connectivity index (χ0v) is 12.3. The van der Waals surface area contributed by atoms with Gasteiger partial charge in [-0.25, -0.2) is 0 Å². The van der Waals surface area contributed by atoms with Gasteiger partial charge in [-0.2, -0.15) is 0 Å². The van der Waals surface area contributed by atoms with Crippen LogP contribution >= 0.6 is 0 Å². The van der Waals surface area contributed by atoms with Crippen LogP contribution in [0.3, 0.4) is 0 Å². The Hall–Kier alpha value is -2.17. The molecule has 2 atom stereocenters. The van der Waals surface area contributed by atoms with Gasteiger partial charge < -0.3 is 14.7 Å². The topological polar surface area (TPSA) is 49.8 Å². The summed E-state index contributed by atoms with van der Waals surface area (Å²) in [7, 11) is 0. The van der Waals surface area contributed by atoms with Gasteiger partial charge in [0.2, 0.25) is 5.91 Å². The summed E-state index contributed by atoms with van der Waals surface area (Å²) in [6, 6.07) is 19.1. The van der Waals surface area contributed by atoms with Gasteiger partial charge in [0.15, 0.2) is 0 Å². The second-order valence-electron chi connectivity index (χ2n) is 5.37. The number of carbonyl (C=O) groups excluding carboxylic acids is 1. The molecule has 1 aliphatic heterocycles. The first kappa shape index (κ1) is 14.8. The lowest BCUT2D eigenvalue weighted by Gasteiger charge is -2.38. The molecule has 0 saturated carbocycles. The van der Waals surface area contributed by atoms with E-state index < -0.39 is 0 Å². The highest BCUT2D eigenvalue weighted by Gasteiger charge is 2.32. The van der Waals surface area contributed by atoms with Gasteiger partial charge in [-0.3, -0.25) is 4.79 Å². The maximum atomic E-state index is 12.2. The quantitative estimate of drug-likeness (QED) is 0.942. The van der Waals surface area contributed by atoms with E-state index in [0.717, 1.165) is 11.1 Å². The van der Waals surface area contributed by atoms with Gasteiger partial charge in [0.25, 0.3) is 0 Å². The average molecular weight is 297 g/mol. The van der Waals surface area contributed by atoms with E-state index in [9.17, 15) is 9.90 Å². The molecule has 4 nitrogen and oxygen atoms in total. The monoisotopic (exact) mass is 297 g/mol. The highest BCUT2D eigenvalue weighted by Crippen LogP contribution is 2.29. The van der Waals surface area contributed by atoms with Gasteiger partial charge in [-0.05, 0) is 11.1 Å². The van der Waals surface area contributed by atoms with E-state index in [1.54, 1.807) is 4.90 Å². The lowest BCUT2D eigenvalue weighted by Crippen LogP contribution is -2.46. The smallest absolute Gasteiger partial charge is 0.249 e. The van der Waals surface area contributed by atoms with Crippen molar-refractivity contribution in [3.63, 3.8) is 0 Å². The predicted molar refractivity (Wildman–Crippen MR) is 83.1 cm³/mol. The normalized spacial score (nSPS) is 20.0. The van der Waals surface area contributed by atoms with Crippen LogP contribution in [-0.4, -0.2) is 35.7 Å². The highest BCUT2D eigenvalue weighted by atomic mass is 16.5. The molecule has 0 aromatic heterocycles. The summed E-state index contributed by atoms with van der Waals surface area (Å²) in [6.07, 6.45) is -0.156. The fourth-order valence-corrected chi connectivity index (χ4v) is 2.82. The fraction of sp³-hybridized carbons (Fsp3) is 0.278. The van der Waals surface area contributed by atoms with Gasteiger partial charge in [0.1, 0.15) is 12.7 Å². The third-order valence-corrected chi connectivity index (χ3v) is 4.00. The standard InChI is InChI=1S/C18H19NO3/c20-12-16(14-7-3-1-4-8-14)19-11-17(22-13-18(19)21)15-9-5-2-6-10-15/h1-10,16-17,20H,11-13H2/t16-,17-/m0/s1. The number of nitrogens with zero attached hydrogens (tertiary/aromatic N) is 1. The predicted octanol–water partition coefficient (Wildman–Crippen LogP) is 2.32. The Bertz CT molecular complexity index is 615. The minimum Gasteiger partial charge on any atom is -0.394 e. The van der Waals surface area contributed by atoms with Crippen molar-refractivity contribution in [2.45, 2.75) is 12.1 Å². The Morgan fingerprint density at radius 3 is 2.36 bits per heavy atom. The average Bonchev–Trinajstić information content (AvgIpc) is 2.59. The molecule has 0 bridgehead atoms. The summed E-state index contributed by atoms with van der Waals surface area (Å²) in [6.45, 7) is 0.392. The van der Waals surface area contributed by atoms with E-state index >= 15 is 0 Å². The van der Waals surface area contributed by atoms with Crippen molar-refractivity contribution >= 4 is 5.91 Å². The lowest BCUT2D eigenvalue weighted by atomic mass is 10.0. The molecule has 0 spiro atoms. The maximum absolute atomic E-state index is 12.2. The molecule has 22 heavy (non-hydrogen) atoms. The zero-order chi connectivity index (χ0) is 15.4. The number of hydrogen-bond donors (Lipinski definition) is 1. The van der Waals surface area contributed by atoms with Gasteiger partial charge in [-0.15, -0.1) is 0 Å². The summed E-state index contributed by atoms with van der Waals surface area (Å²) in [5.74, 6) is -0.0879. The van der Waals surface area contributed by atoms with E-state index in [4.69, 9.17) is 4.74 Å². The van der Waals surface area contributed by atoms with Crippen molar-refractivity contribution in [1.82, 2.24) is 4.90 Å². The third-order valence-electron chi connectivity index (χ3n) is 4.00. The molecular formula is C18H19NO3. The van der Waals surface area contributed by atoms with Gasteiger partial charge in [0.05, 0.1) is 19.2 Å². The molecule has 2 aromatic carbocycles. The van der Waals surface area contributed by atoms with E-state index in [0.29, 0.717) is 6.54 Å². The zero-order valence-electron chi connectivity index (χ0n) is 12.3. The molecular weight excluding hydrogens is 278 g/mol. The van der Waals surface area contributed by atoms with Crippen LogP contribution in [0, 0.1) is 0 Å². The minimum absolute atomic E-state index is 0.0445. The molecule has 1 heterocycles. The summed E-state index contributed by atoms with van der Waals surface area (Å²) >= 11 is 0. The molecule has 3 rings (SSSR count). The Labute approximate surface area is 130 Å². The van der Waals surface area contributed by atoms with Crippen molar-refractivity contribution in [2.75, 3.05) is 19.8 Å². The molecule has 0 unspecified atom stereocenters. The SMILES string of the molecule is O=C1CO[C@H](c2ccccc2)CN1[C@@H](CO)c1ccccc1. The van der Waals surface area contributed by atoms with Gasteiger partial charge in [-0.1, -0.05) is 60.7 Å². The summed E-state index contributed by atoms with van der Waals surface area (Å²) < 4.78 is 5.66. The van der Waals surface area contributed by atoms with Crippen LogP contribution in [0.1, 0.15) is 23.3 Å². The molecule has 4 heteroatoms. The third kappa shape index (κ3) is 3.03. The van der Waals surface area contributed by atoms with Crippen LogP contribution in [0.5, 0.6) is 0 Å². The molecule has 0 aliphatic carbocycles. The van der Waals surface area contributed by atoms with Gasteiger partial charge >= 0.3 is 0 Å². The first-order valence-electron chi connectivity index (χ1n) is 7.41. The molecule has 1 N–H and O–H groups in total. The van der Waals surface area contributed by atoms with E-state index in [1.807, 2.05) is 60.7 Å². The van der Waals surface area contributed by atoms with Crippen molar-refractivity contribution in [3.8, 4) is 0 Å². The van der Waals surface area contributed by atoms with Crippen LogP contribution in [0.15, 0.2) is 60.7 Å². The summed E-state index contributed by atoms with van der Waals surface area (Å²) in [5.41, 5.74) is 1.98. The molecule has 0 radical (unpaired) electrons. The Balaban J connectivity index is 1.83. The van der Waals surface area contributed by atoms with E-state index in [-0.39, 0.29) is 31.3 Å². The number of morpholine rings is 1.